The molecule has 1 N–H and O–H groups in total. The second-order valence-corrected chi connectivity index (χ2v) is 8.57. The second kappa shape index (κ2) is 5.09. The molecular weight excluding hydrogens is 268 g/mol. The van der Waals surface area contributed by atoms with Crippen LogP contribution in [-0.4, -0.2) is 11.2 Å². The van der Waals surface area contributed by atoms with Crippen LogP contribution in [0.3, 0.4) is 0 Å². The average Bonchev–Trinajstić information content (AvgIpc) is 2.94. The number of aliphatic hydroxyl groups excluding tert-OH is 1. The average molecular weight is 298 g/mol. The summed E-state index contributed by atoms with van der Waals surface area (Å²) in [6, 6.07) is 0. The smallest absolute Gasteiger partial charge is 0.0724 e. The van der Waals surface area contributed by atoms with E-state index >= 15 is 0 Å². The first-order chi connectivity index (χ1) is 10.5. The summed E-state index contributed by atoms with van der Waals surface area (Å²) in [5.41, 5.74) is 3.47. The van der Waals surface area contributed by atoms with Crippen LogP contribution in [0, 0.1) is 35.0 Å². The van der Waals surface area contributed by atoms with E-state index in [1.54, 1.807) is 5.57 Å². The van der Waals surface area contributed by atoms with Gasteiger partial charge in [0.25, 0.3) is 0 Å². The highest BCUT2D eigenvalue weighted by Crippen LogP contribution is 2.63. The van der Waals surface area contributed by atoms with Gasteiger partial charge in [-0.15, -0.1) is 0 Å². The Hall–Kier alpha value is -0.820. The third kappa shape index (κ3) is 1.94. The number of hydrogen-bond acceptors (Lipinski definition) is 1. The van der Waals surface area contributed by atoms with Gasteiger partial charge in [0.05, 0.1) is 6.10 Å². The minimum Gasteiger partial charge on any atom is -0.389 e. The topological polar surface area (TPSA) is 20.2 Å². The molecule has 4 rings (SSSR count). The first kappa shape index (κ1) is 14.8. The van der Waals surface area contributed by atoms with Crippen molar-refractivity contribution in [2.24, 2.45) is 35.0 Å². The maximum absolute atomic E-state index is 10.0. The predicted octanol–water partition coefficient (Wildman–Crippen LogP) is 4.89. The van der Waals surface area contributed by atoms with E-state index in [0.29, 0.717) is 5.41 Å². The molecule has 22 heavy (non-hydrogen) atoms. The molecule has 7 atom stereocenters. The van der Waals surface area contributed by atoms with Crippen LogP contribution in [0.1, 0.15) is 52.4 Å². The zero-order chi connectivity index (χ0) is 15.5. The van der Waals surface area contributed by atoms with Gasteiger partial charge in [-0.25, -0.2) is 0 Å². The summed E-state index contributed by atoms with van der Waals surface area (Å²) in [4.78, 5) is 0. The summed E-state index contributed by atoms with van der Waals surface area (Å²) in [6.07, 6.45) is 14.0. The molecule has 120 valence electrons. The second-order valence-electron chi connectivity index (χ2n) is 8.57. The van der Waals surface area contributed by atoms with Crippen LogP contribution in [0.15, 0.2) is 36.0 Å². The van der Waals surface area contributed by atoms with Crippen molar-refractivity contribution in [2.45, 2.75) is 58.5 Å². The Morgan fingerprint density at radius 1 is 1.32 bits per heavy atom. The van der Waals surface area contributed by atoms with Crippen LogP contribution in [0.5, 0.6) is 0 Å². The minimum absolute atomic E-state index is 0.186. The maximum atomic E-state index is 10.0. The Morgan fingerprint density at radius 2 is 2.14 bits per heavy atom. The van der Waals surface area contributed by atoms with Crippen LogP contribution in [-0.2, 0) is 0 Å². The van der Waals surface area contributed by atoms with E-state index in [-0.39, 0.29) is 6.10 Å². The summed E-state index contributed by atoms with van der Waals surface area (Å²) >= 11 is 0. The zero-order valence-corrected chi connectivity index (χ0v) is 14.1. The number of allylic oxidation sites excluding steroid dienone is 4. The molecule has 4 aliphatic carbocycles. The van der Waals surface area contributed by atoms with Gasteiger partial charge in [0, 0.05) is 0 Å². The molecule has 4 aliphatic rings. The summed E-state index contributed by atoms with van der Waals surface area (Å²) in [5.74, 6) is 4.11. The van der Waals surface area contributed by atoms with Crippen LogP contribution in [0.2, 0.25) is 0 Å². The van der Waals surface area contributed by atoms with Gasteiger partial charge in [-0.2, -0.15) is 0 Å². The summed E-state index contributed by atoms with van der Waals surface area (Å²) in [5, 5.41) is 10.0. The van der Waals surface area contributed by atoms with Gasteiger partial charge in [0.15, 0.2) is 0 Å². The highest BCUT2D eigenvalue weighted by molar-refractivity contribution is 5.31. The van der Waals surface area contributed by atoms with Crippen molar-refractivity contribution in [1.29, 1.82) is 0 Å². The standard InChI is InChI=1S/C21H30O/c1-4-14-5-7-18-17-8-6-15-12-16(22)9-10-21(15,3)19(17)11-13(2)20(14)18/h4-5,12-13,16-20,22H,1,6-11H2,2-3H3/t13-,16+,17?,18?,19?,20?,21+/m1/s1. The van der Waals surface area contributed by atoms with Crippen LogP contribution >= 0.6 is 0 Å². The lowest BCUT2D eigenvalue weighted by molar-refractivity contribution is -0.0265. The molecule has 1 heteroatoms. The Labute approximate surface area is 135 Å². The third-order valence-electron chi connectivity index (χ3n) is 7.67. The van der Waals surface area contributed by atoms with E-state index < -0.39 is 0 Å². The molecule has 2 fully saturated rings. The van der Waals surface area contributed by atoms with Gasteiger partial charge < -0.3 is 5.11 Å². The molecule has 2 saturated carbocycles. The molecule has 0 amide bonds. The van der Waals surface area contributed by atoms with E-state index in [0.717, 1.165) is 36.0 Å². The number of fused-ring (bicyclic) bond motifs is 5. The molecule has 0 aromatic carbocycles. The molecule has 0 aliphatic heterocycles. The molecular formula is C21H30O. The number of aliphatic hydroxyl groups is 1. The Balaban J connectivity index is 1.67. The molecule has 0 bridgehead atoms. The minimum atomic E-state index is -0.186. The van der Waals surface area contributed by atoms with E-state index in [4.69, 9.17) is 0 Å². The lowest BCUT2D eigenvalue weighted by atomic mass is 9.48. The summed E-state index contributed by atoms with van der Waals surface area (Å²) < 4.78 is 0. The van der Waals surface area contributed by atoms with Gasteiger partial charge >= 0.3 is 0 Å². The maximum Gasteiger partial charge on any atom is 0.0724 e. The van der Waals surface area contributed by atoms with Crippen LogP contribution in [0.4, 0.5) is 0 Å². The Kier molecular flexibility index (Phi) is 3.41. The molecule has 4 unspecified atom stereocenters. The van der Waals surface area contributed by atoms with Gasteiger partial charge in [0.1, 0.15) is 0 Å². The van der Waals surface area contributed by atoms with Gasteiger partial charge in [-0.05, 0) is 79.1 Å². The van der Waals surface area contributed by atoms with Crippen molar-refractivity contribution in [3.8, 4) is 0 Å². The summed E-state index contributed by atoms with van der Waals surface area (Å²) in [7, 11) is 0. The van der Waals surface area contributed by atoms with Crippen molar-refractivity contribution in [3.63, 3.8) is 0 Å². The fourth-order valence-corrected chi connectivity index (χ4v) is 6.61. The van der Waals surface area contributed by atoms with Crippen molar-refractivity contribution in [3.05, 3.63) is 36.0 Å². The molecule has 0 radical (unpaired) electrons. The summed E-state index contributed by atoms with van der Waals surface area (Å²) in [6.45, 7) is 9.03. The van der Waals surface area contributed by atoms with Gasteiger partial charge in [-0.3, -0.25) is 0 Å². The molecule has 0 heterocycles. The molecule has 0 aromatic rings. The largest absolute Gasteiger partial charge is 0.389 e. The predicted molar refractivity (Wildman–Crippen MR) is 91.3 cm³/mol. The van der Waals surface area contributed by atoms with Crippen molar-refractivity contribution in [2.75, 3.05) is 0 Å². The van der Waals surface area contributed by atoms with E-state index in [2.05, 4.69) is 38.7 Å². The van der Waals surface area contributed by atoms with Crippen molar-refractivity contribution < 1.29 is 5.11 Å². The zero-order valence-electron chi connectivity index (χ0n) is 14.1. The van der Waals surface area contributed by atoms with Gasteiger partial charge in [0.2, 0.25) is 0 Å². The van der Waals surface area contributed by atoms with E-state index in [9.17, 15) is 5.11 Å². The fourth-order valence-electron chi connectivity index (χ4n) is 6.61. The molecule has 0 spiro atoms. The first-order valence-electron chi connectivity index (χ1n) is 9.26. The normalized spacial score (nSPS) is 50.3. The first-order valence-corrected chi connectivity index (χ1v) is 9.26. The fraction of sp³-hybridized carbons (Fsp3) is 0.714. The molecule has 0 saturated heterocycles. The lowest BCUT2D eigenvalue weighted by Gasteiger charge is -2.57. The highest BCUT2D eigenvalue weighted by Gasteiger charge is 2.54. The SMILES string of the molecule is C=CC1=CCC2C3CCC4=C[C@@H](O)CC[C@]4(C)C3C[C@@H](C)C12. The quantitative estimate of drug-likeness (QED) is 0.683. The van der Waals surface area contributed by atoms with E-state index in [1.807, 2.05) is 0 Å². The number of hydrogen-bond donors (Lipinski definition) is 1. The molecule has 0 aromatic heterocycles. The third-order valence-corrected chi connectivity index (χ3v) is 7.67. The van der Waals surface area contributed by atoms with Crippen LogP contribution in [0.25, 0.3) is 0 Å². The van der Waals surface area contributed by atoms with Gasteiger partial charge in [-0.1, -0.05) is 44.2 Å². The monoisotopic (exact) mass is 298 g/mol. The van der Waals surface area contributed by atoms with Crippen LogP contribution < -0.4 is 0 Å². The lowest BCUT2D eigenvalue weighted by Crippen LogP contribution is -2.49. The van der Waals surface area contributed by atoms with Crippen molar-refractivity contribution in [1.82, 2.24) is 0 Å². The Morgan fingerprint density at radius 3 is 2.91 bits per heavy atom. The van der Waals surface area contributed by atoms with E-state index in [1.165, 1.54) is 37.7 Å². The Bertz CT molecular complexity index is 542. The highest BCUT2D eigenvalue weighted by atomic mass is 16.3. The molecule has 1 nitrogen and oxygen atoms in total. The number of rotatable bonds is 1. The van der Waals surface area contributed by atoms with Crippen molar-refractivity contribution >= 4 is 0 Å².